The SMILES string of the molecule is CC(CO)(NC(=O)NCCN1CCc2ccccc2C1)C1CC1. The summed E-state index contributed by atoms with van der Waals surface area (Å²) in [5.74, 6) is 0.414. The number of carbonyl (C=O) groups excluding carboxylic acids is 1. The van der Waals surface area contributed by atoms with Crippen LogP contribution in [0.15, 0.2) is 24.3 Å². The molecule has 1 aliphatic heterocycles. The number of fused-ring (bicyclic) bond motifs is 1. The van der Waals surface area contributed by atoms with Crippen molar-refractivity contribution in [3.05, 3.63) is 35.4 Å². The Balaban J connectivity index is 1.41. The second-order valence-corrected chi connectivity index (χ2v) is 7.03. The topological polar surface area (TPSA) is 64.6 Å². The number of rotatable bonds is 6. The van der Waals surface area contributed by atoms with Gasteiger partial charge in [-0.25, -0.2) is 4.79 Å². The second kappa shape index (κ2) is 6.89. The molecule has 5 nitrogen and oxygen atoms in total. The second-order valence-electron chi connectivity index (χ2n) is 7.03. The smallest absolute Gasteiger partial charge is 0.315 e. The van der Waals surface area contributed by atoms with Gasteiger partial charge in [-0.05, 0) is 43.2 Å². The largest absolute Gasteiger partial charge is 0.394 e. The Morgan fingerprint density at radius 1 is 1.35 bits per heavy atom. The number of hydrogen-bond acceptors (Lipinski definition) is 3. The van der Waals surface area contributed by atoms with Crippen molar-refractivity contribution in [3.8, 4) is 0 Å². The van der Waals surface area contributed by atoms with Crippen LogP contribution >= 0.6 is 0 Å². The van der Waals surface area contributed by atoms with Crippen LogP contribution in [0, 0.1) is 5.92 Å². The molecular weight excluding hydrogens is 290 g/mol. The van der Waals surface area contributed by atoms with Gasteiger partial charge in [-0.15, -0.1) is 0 Å². The Labute approximate surface area is 138 Å². The number of benzene rings is 1. The predicted octanol–water partition coefficient (Wildman–Crippen LogP) is 1.50. The van der Waals surface area contributed by atoms with E-state index in [9.17, 15) is 9.90 Å². The fourth-order valence-corrected chi connectivity index (χ4v) is 3.37. The first-order chi connectivity index (χ1) is 11.1. The van der Waals surface area contributed by atoms with Crippen molar-refractivity contribution in [1.82, 2.24) is 15.5 Å². The Kier molecular flexibility index (Phi) is 4.87. The summed E-state index contributed by atoms with van der Waals surface area (Å²) in [4.78, 5) is 14.4. The monoisotopic (exact) mass is 317 g/mol. The Hall–Kier alpha value is -1.59. The Morgan fingerprint density at radius 2 is 2.09 bits per heavy atom. The first-order valence-corrected chi connectivity index (χ1v) is 8.57. The Bertz CT molecular complexity index is 559. The zero-order valence-corrected chi connectivity index (χ0v) is 13.8. The predicted molar refractivity (Wildman–Crippen MR) is 90.2 cm³/mol. The lowest BCUT2D eigenvalue weighted by molar-refractivity contribution is 0.154. The molecule has 0 radical (unpaired) electrons. The molecule has 3 N–H and O–H groups in total. The van der Waals surface area contributed by atoms with E-state index in [-0.39, 0.29) is 12.6 Å². The molecule has 23 heavy (non-hydrogen) atoms. The molecule has 1 fully saturated rings. The van der Waals surface area contributed by atoms with E-state index in [1.807, 2.05) is 6.92 Å². The molecule has 0 aromatic heterocycles. The number of nitrogens with one attached hydrogen (secondary N) is 2. The van der Waals surface area contributed by atoms with Gasteiger partial charge in [0.05, 0.1) is 12.1 Å². The maximum Gasteiger partial charge on any atom is 0.315 e. The van der Waals surface area contributed by atoms with Gasteiger partial charge < -0.3 is 15.7 Å². The standard InChI is InChI=1S/C18H27N3O2/c1-18(13-22,16-6-7-16)20-17(23)19-9-11-21-10-8-14-4-2-3-5-15(14)12-21/h2-5,16,22H,6-13H2,1H3,(H2,19,20,23). The highest BCUT2D eigenvalue weighted by atomic mass is 16.3. The Morgan fingerprint density at radius 3 is 2.78 bits per heavy atom. The van der Waals surface area contributed by atoms with Crippen LogP contribution in [0.3, 0.4) is 0 Å². The number of aliphatic hydroxyl groups excluding tert-OH is 1. The fraction of sp³-hybridized carbons (Fsp3) is 0.611. The fourth-order valence-electron chi connectivity index (χ4n) is 3.37. The third-order valence-electron chi connectivity index (χ3n) is 5.13. The highest BCUT2D eigenvalue weighted by Gasteiger charge is 2.42. The molecule has 0 bridgehead atoms. The van der Waals surface area contributed by atoms with E-state index in [2.05, 4.69) is 39.8 Å². The van der Waals surface area contributed by atoms with E-state index >= 15 is 0 Å². The lowest BCUT2D eigenvalue weighted by Crippen LogP contribution is -2.54. The van der Waals surface area contributed by atoms with Crippen LogP contribution in [0.25, 0.3) is 0 Å². The van der Waals surface area contributed by atoms with E-state index in [1.165, 1.54) is 11.1 Å². The van der Waals surface area contributed by atoms with Gasteiger partial charge in [-0.1, -0.05) is 24.3 Å². The highest BCUT2D eigenvalue weighted by molar-refractivity contribution is 5.74. The maximum atomic E-state index is 12.0. The van der Waals surface area contributed by atoms with Crippen molar-refractivity contribution in [2.45, 2.75) is 38.3 Å². The minimum atomic E-state index is -0.478. The van der Waals surface area contributed by atoms with E-state index < -0.39 is 5.54 Å². The van der Waals surface area contributed by atoms with Gasteiger partial charge in [0.1, 0.15) is 0 Å². The molecule has 1 atom stereocenters. The number of aliphatic hydroxyl groups is 1. The van der Waals surface area contributed by atoms with Crippen molar-refractivity contribution >= 4 is 6.03 Å². The molecule has 1 aromatic rings. The third-order valence-corrected chi connectivity index (χ3v) is 5.13. The molecule has 5 heteroatoms. The zero-order chi connectivity index (χ0) is 16.3. The van der Waals surface area contributed by atoms with Gasteiger partial charge in [0.2, 0.25) is 0 Å². The number of hydrogen-bond donors (Lipinski definition) is 3. The highest BCUT2D eigenvalue weighted by Crippen LogP contribution is 2.39. The molecule has 1 aliphatic carbocycles. The van der Waals surface area contributed by atoms with Crippen LogP contribution in [0.5, 0.6) is 0 Å². The molecule has 0 saturated heterocycles. The quantitative estimate of drug-likeness (QED) is 0.745. The van der Waals surface area contributed by atoms with Gasteiger partial charge in [0.15, 0.2) is 0 Å². The summed E-state index contributed by atoms with van der Waals surface area (Å²) >= 11 is 0. The van der Waals surface area contributed by atoms with Crippen LogP contribution in [0.1, 0.15) is 30.9 Å². The molecule has 1 unspecified atom stereocenters. The minimum Gasteiger partial charge on any atom is -0.394 e. The number of urea groups is 1. The van der Waals surface area contributed by atoms with Gasteiger partial charge in [-0.2, -0.15) is 0 Å². The summed E-state index contributed by atoms with van der Waals surface area (Å²) in [5, 5.41) is 15.4. The minimum absolute atomic E-state index is 0.00596. The maximum absolute atomic E-state index is 12.0. The molecule has 1 aromatic carbocycles. The van der Waals surface area contributed by atoms with Crippen molar-refractivity contribution in [1.29, 1.82) is 0 Å². The summed E-state index contributed by atoms with van der Waals surface area (Å²) in [5.41, 5.74) is 2.36. The van der Waals surface area contributed by atoms with Crippen molar-refractivity contribution in [2.75, 3.05) is 26.2 Å². The number of carbonyl (C=O) groups is 1. The molecule has 0 spiro atoms. The number of amides is 2. The van der Waals surface area contributed by atoms with Crippen LogP contribution in [-0.4, -0.2) is 47.8 Å². The van der Waals surface area contributed by atoms with Crippen molar-refractivity contribution in [3.63, 3.8) is 0 Å². The van der Waals surface area contributed by atoms with E-state index in [0.717, 1.165) is 38.9 Å². The molecule has 126 valence electrons. The first-order valence-electron chi connectivity index (χ1n) is 8.57. The molecule has 1 heterocycles. The molecule has 2 amide bonds. The zero-order valence-electron chi connectivity index (χ0n) is 13.8. The van der Waals surface area contributed by atoms with Crippen LogP contribution < -0.4 is 10.6 Å². The third kappa shape index (κ3) is 4.03. The summed E-state index contributed by atoms with van der Waals surface area (Å²) in [7, 11) is 0. The molecule has 2 aliphatic rings. The lowest BCUT2D eigenvalue weighted by atomic mass is 9.97. The van der Waals surface area contributed by atoms with Gasteiger partial charge >= 0.3 is 6.03 Å². The average Bonchev–Trinajstić information content (AvgIpc) is 3.40. The van der Waals surface area contributed by atoms with Gasteiger partial charge in [-0.3, -0.25) is 4.90 Å². The summed E-state index contributed by atoms with van der Waals surface area (Å²) in [6.07, 6.45) is 3.25. The van der Waals surface area contributed by atoms with E-state index in [4.69, 9.17) is 0 Å². The van der Waals surface area contributed by atoms with Gasteiger partial charge in [0, 0.05) is 26.2 Å². The normalized spacial score (nSPS) is 20.4. The van der Waals surface area contributed by atoms with Crippen LogP contribution in [0.2, 0.25) is 0 Å². The van der Waals surface area contributed by atoms with Crippen LogP contribution in [0.4, 0.5) is 4.79 Å². The van der Waals surface area contributed by atoms with Crippen molar-refractivity contribution in [2.24, 2.45) is 5.92 Å². The summed E-state index contributed by atoms with van der Waals surface area (Å²) < 4.78 is 0. The number of nitrogens with zero attached hydrogens (tertiary/aromatic N) is 1. The summed E-state index contributed by atoms with van der Waals surface area (Å²) in [6.45, 7) is 5.38. The molecular formula is C18H27N3O2. The van der Waals surface area contributed by atoms with Gasteiger partial charge in [0.25, 0.3) is 0 Å². The first kappa shape index (κ1) is 16.3. The summed E-state index contributed by atoms with van der Waals surface area (Å²) in [6, 6.07) is 8.39. The van der Waals surface area contributed by atoms with E-state index in [1.54, 1.807) is 0 Å². The molecule has 3 rings (SSSR count). The molecule has 1 saturated carbocycles. The lowest BCUT2D eigenvalue weighted by Gasteiger charge is -2.30. The van der Waals surface area contributed by atoms with Crippen molar-refractivity contribution < 1.29 is 9.90 Å². The van der Waals surface area contributed by atoms with E-state index in [0.29, 0.717) is 12.5 Å². The average molecular weight is 317 g/mol. The van der Waals surface area contributed by atoms with Crippen LogP contribution in [-0.2, 0) is 13.0 Å².